The fourth-order valence-electron chi connectivity index (χ4n) is 3.84. The molecule has 208 valence electrons. The number of methoxy groups -OCH3 is 1. The summed E-state index contributed by atoms with van der Waals surface area (Å²) in [6, 6.07) is 4.58. The third kappa shape index (κ3) is 6.23. The summed E-state index contributed by atoms with van der Waals surface area (Å²) in [5.74, 6) is 1.83. The Bertz CT molecular complexity index is 1520. The molecule has 13 nitrogen and oxygen atoms in total. The van der Waals surface area contributed by atoms with Crippen molar-refractivity contribution in [1.29, 1.82) is 0 Å². The summed E-state index contributed by atoms with van der Waals surface area (Å²) < 4.78 is 48.6. The summed E-state index contributed by atoms with van der Waals surface area (Å²) in [6.07, 6.45) is 3.61. The Kier molecular flexibility index (Phi) is 8.25. The molecule has 4 aromatic rings. The molecule has 0 bridgehead atoms. The summed E-state index contributed by atoms with van der Waals surface area (Å²) in [6.45, 7) is 10.6. The molecule has 0 spiro atoms. The van der Waals surface area contributed by atoms with E-state index >= 15 is 0 Å². The highest BCUT2D eigenvalue weighted by atomic mass is 32.2. The Balaban J connectivity index is 1.75. The highest BCUT2D eigenvalue weighted by molar-refractivity contribution is 7.93. The van der Waals surface area contributed by atoms with Gasteiger partial charge in [-0.1, -0.05) is 6.07 Å². The van der Waals surface area contributed by atoms with E-state index in [-0.39, 0.29) is 17.9 Å². The van der Waals surface area contributed by atoms with Gasteiger partial charge in [-0.05, 0) is 53.2 Å². The van der Waals surface area contributed by atoms with E-state index in [1.54, 1.807) is 55.2 Å². The van der Waals surface area contributed by atoms with Gasteiger partial charge in [0.1, 0.15) is 28.8 Å². The van der Waals surface area contributed by atoms with Gasteiger partial charge in [-0.25, -0.2) is 28.4 Å². The maximum atomic E-state index is 13.7. The van der Waals surface area contributed by atoms with Gasteiger partial charge in [0.15, 0.2) is 11.6 Å². The minimum absolute atomic E-state index is 0.0436. The third-order valence-electron chi connectivity index (χ3n) is 5.86. The number of sulfonamides is 1. The van der Waals surface area contributed by atoms with Crippen LogP contribution < -0.4 is 9.46 Å². The zero-order valence-electron chi connectivity index (χ0n) is 22.9. The summed E-state index contributed by atoms with van der Waals surface area (Å²) >= 11 is 0. The molecule has 14 heteroatoms. The number of pyridine rings is 1. The highest BCUT2D eigenvalue weighted by Gasteiger charge is 2.36. The Morgan fingerprint density at radius 1 is 1.00 bits per heavy atom. The lowest BCUT2D eigenvalue weighted by atomic mass is 10.2. The molecule has 1 N–H and O–H groups in total. The smallest absolute Gasteiger partial charge is 0.240 e. The number of hydrogen-bond acceptors (Lipinski definition) is 11. The van der Waals surface area contributed by atoms with Crippen LogP contribution in [0.2, 0.25) is 0 Å². The van der Waals surface area contributed by atoms with Crippen molar-refractivity contribution in [2.24, 2.45) is 0 Å². The van der Waals surface area contributed by atoms with Gasteiger partial charge in [-0.2, -0.15) is 0 Å². The molecule has 0 aliphatic rings. The van der Waals surface area contributed by atoms with E-state index in [0.717, 1.165) is 5.56 Å². The van der Waals surface area contributed by atoms with Crippen LogP contribution in [0.4, 0.5) is 5.95 Å². The van der Waals surface area contributed by atoms with Crippen molar-refractivity contribution < 1.29 is 22.3 Å². The van der Waals surface area contributed by atoms with Crippen molar-refractivity contribution in [3.05, 3.63) is 59.8 Å². The molecule has 0 fully saturated rings. The van der Waals surface area contributed by atoms with Crippen LogP contribution in [0.5, 0.6) is 5.88 Å². The standard InChI is InChI=1S/C25H32N8O5S/c1-14(2)37-21(22-26-11-15(3)12-27-22)18(6)39(34,35)32-25-31-30-23(19-9-8-10-20(29-19)36-7)33(25)17(5)24-28-13-16(4)38-24/h8-14,17-18,21H,1-7H3,(H,31,32)/t17-,18?,21?/m0/s1. The van der Waals surface area contributed by atoms with Crippen molar-refractivity contribution >= 4 is 16.0 Å². The van der Waals surface area contributed by atoms with Gasteiger partial charge >= 0.3 is 0 Å². The van der Waals surface area contributed by atoms with Gasteiger partial charge < -0.3 is 13.9 Å². The van der Waals surface area contributed by atoms with Crippen molar-refractivity contribution in [2.75, 3.05) is 11.8 Å². The number of oxazole rings is 1. The Morgan fingerprint density at radius 3 is 2.33 bits per heavy atom. The molecule has 4 rings (SSSR count). The largest absolute Gasteiger partial charge is 0.481 e. The summed E-state index contributed by atoms with van der Waals surface area (Å²) in [4.78, 5) is 17.4. The van der Waals surface area contributed by atoms with E-state index < -0.39 is 27.4 Å². The predicted molar refractivity (Wildman–Crippen MR) is 143 cm³/mol. The minimum atomic E-state index is -4.11. The number of anilines is 1. The monoisotopic (exact) mass is 556 g/mol. The quantitative estimate of drug-likeness (QED) is 0.287. The molecule has 39 heavy (non-hydrogen) atoms. The molecule has 0 amide bonds. The molecule has 2 unspecified atom stereocenters. The number of aryl methyl sites for hydroxylation is 2. The molecule has 0 saturated heterocycles. The van der Waals surface area contributed by atoms with E-state index in [1.165, 1.54) is 14.0 Å². The first-order valence-corrected chi connectivity index (χ1v) is 13.9. The first-order chi connectivity index (χ1) is 18.5. The molecule has 3 atom stereocenters. The van der Waals surface area contributed by atoms with Crippen molar-refractivity contribution in [1.82, 2.24) is 34.7 Å². The van der Waals surface area contributed by atoms with Crippen LogP contribution in [0.15, 0.2) is 41.2 Å². The molecule has 0 saturated carbocycles. The molecule has 4 aromatic heterocycles. The van der Waals surface area contributed by atoms with E-state index in [9.17, 15) is 8.42 Å². The number of ether oxygens (including phenoxy) is 2. The Hall–Kier alpha value is -3.91. The van der Waals surface area contributed by atoms with Crippen LogP contribution in [0.25, 0.3) is 11.5 Å². The van der Waals surface area contributed by atoms with Crippen LogP contribution in [0.1, 0.15) is 62.9 Å². The first kappa shape index (κ1) is 28.1. The van der Waals surface area contributed by atoms with E-state index in [2.05, 4.69) is 34.9 Å². The minimum Gasteiger partial charge on any atom is -0.481 e. The number of nitrogens with one attached hydrogen (secondary N) is 1. The maximum Gasteiger partial charge on any atom is 0.240 e. The van der Waals surface area contributed by atoms with Gasteiger partial charge in [0.05, 0.1) is 19.4 Å². The van der Waals surface area contributed by atoms with Crippen LogP contribution in [-0.2, 0) is 14.8 Å². The average molecular weight is 557 g/mol. The van der Waals surface area contributed by atoms with Crippen LogP contribution in [0.3, 0.4) is 0 Å². The molecule has 0 radical (unpaired) electrons. The Labute approximate surface area is 227 Å². The maximum absolute atomic E-state index is 13.7. The first-order valence-electron chi connectivity index (χ1n) is 12.3. The van der Waals surface area contributed by atoms with Gasteiger partial charge in [-0.15, -0.1) is 10.2 Å². The summed E-state index contributed by atoms with van der Waals surface area (Å²) in [7, 11) is -2.60. The fourth-order valence-corrected chi connectivity index (χ4v) is 4.93. The second kappa shape index (κ2) is 11.5. The van der Waals surface area contributed by atoms with Crippen LogP contribution in [-0.4, -0.2) is 61.6 Å². The van der Waals surface area contributed by atoms with Gasteiger partial charge in [0, 0.05) is 18.5 Å². The van der Waals surface area contributed by atoms with Crippen LogP contribution >= 0.6 is 0 Å². The van der Waals surface area contributed by atoms with E-state index in [1.807, 2.05) is 20.8 Å². The zero-order chi connectivity index (χ0) is 28.3. The van der Waals surface area contributed by atoms with Crippen molar-refractivity contribution in [3.63, 3.8) is 0 Å². The van der Waals surface area contributed by atoms with Crippen LogP contribution in [0, 0.1) is 13.8 Å². The lowest BCUT2D eigenvalue weighted by Gasteiger charge is -2.25. The molecular weight excluding hydrogens is 524 g/mol. The second-order valence-electron chi connectivity index (χ2n) is 9.34. The topological polar surface area (TPSA) is 160 Å². The summed E-state index contributed by atoms with van der Waals surface area (Å²) in [5.41, 5.74) is 1.27. The van der Waals surface area contributed by atoms with Gasteiger partial charge in [0.25, 0.3) is 0 Å². The highest BCUT2D eigenvalue weighted by Crippen LogP contribution is 2.31. The Morgan fingerprint density at radius 2 is 1.72 bits per heavy atom. The molecule has 4 heterocycles. The SMILES string of the molecule is COc1cccc(-c2nnc(NS(=O)(=O)C(C)C(OC(C)C)c3ncc(C)cn3)n2[C@@H](C)c2ncc(C)o2)n1. The zero-order valence-corrected chi connectivity index (χ0v) is 23.7. The normalized spacial score (nSPS) is 14.3. The summed E-state index contributed by atoms with van der Waals surface area (Å²) in [5, 5.41) is 7.34. The van der Waals surface area contributed by atoms with E-state index in [0.29, 0.717) is 29.0 Å². The number of aromatic nitrogens is 7. The number of nitrogens with zero attached hydrogens (tertiary/aromatic N) is 7. The fraction of sp³-hybridized carbons (Fsp3) is 0.440. The molecular formula is C25H32N8O5S. The van der Waals surface area contributed by atoms with Gasteiger partial charge in [0.2, 0.25) is 27.7 Å². The number of rotatable bonds is 11. The second-order valence-corrected chi connectivity index (χ2v) is 11.4. The average Bonchev–Trinajstić information content (AvgIpc) is 3.53. The third-order valence-corrected chi connectivity index (χ3v) is 7.56. The molecule has 0 aliphatic heterocycles. The van der Waals surface area contributed by atoms with Crippen molar-refractivity contribution in [3.8, 4) is 17.4 Å². The predicted octanol–water partition coefficient (Wildman–Crippen LogP) is 3.65. The van der Waals surface area contributed by atoms with E-state index in [4.69, 9.17) is 13.9 Å². The lowest BCUT2D eigenvalue weighted by molar-refractivity contribution is 0.00152. The molecule has 0 aromatic carbocycles. The van der Waals surface area contributed by atoms with Crippen molar-refractivity contribution in [2.45, 2.75) is 65.0 Å². The lowest BCUT2D eigenvalue weighted by Crippen LogP contribution is -2.35. The number of hydrogen-bond donors (Lipinski definition) is 1. The van der Waals surface area contributed by atoms with Gasteiger partial charge in [-0.3, -0.25) is 9.29 Å². The molecule has 0 aliphatic carbocycles.